The minimum Gasteiger partial charge on any atom is -0.290 e. The van der Waals surface area contributed by atoms with E-state index in [2.05, 4.69) is 30.9 Å². The number of hydrogen-bond acceptors (Lipinski definition) is 3. The third-order valence-corrected chi connectivity index (χ3v) is 2.18. The average molecular weight is 253 g/mol. The summed E-state index contributed by atoms with van der Waals surface area (Å²) in [5, 5.41) is 0. The summed E-state index contributed by atoms with van der Waals surface area (Å²) >= 11 is 3.33. The lowest BCUT2D eigenvalue weighted by molar-refractivity contribution is 0.927. The van der Waals surface area contributed by atoms with Gasteiger partial charge >= 0.3 is 0 Å². The van der Waals surface area contributed by atoms with Crippen molar-refractivity contribution in [3.63, 3.8) is 0 Å². The van der Waals surface area contributed by atoms with Gasteiger partial charge in [0.25, 0.3) is 0 Å². The maximum Gasteiger partial charge on any atom is 0.142 e. The average Bonchev–Trinajstić information content (AvgIpc) is 2.50. The first-order chi connectivity index (χ1) is 6.65. The Hall–Kier alpha value is -1.23. The molecule has 0 saturated carbocycles. The van der Waals surface area contributed by atoms with E-state index in [4.69, 9.17) is 0 Å². The van der Waals surface area contributed by atoms with Crippen LogP contribution in [-0.4, -0.2) is 19.5 Å². The number of aryl methyl sites for hydroxylation is 2. The first-order valence-electron chi connectivity index (χ1n) is 4.17. The van der Waals surface area contributed by atoms with Crippen LogP contribution in [0, 0.1) is 13.8 Å². The lowest BCUT2D eigenvalue weighted by atomic mass is 10.5. The number of rotatable bonds is 1. The highest BCUT2D eigenvalue weighted by Gasteiger charge is 2.02. The summed E-state index contributed by atoms with van der Waals surface area (Å²) < 4.78 is 2.65. The van der Waals surface area contributed by atoms with Gasteiger partial charge in [0, 0.05) is 12.3 Å². The molecule has 0 fully saturated rings. The molecule has 0 bridgehead atoms. The number of aromatic nitrogens is 4. The Morgan fingerprint density at radius 2 is 2.07 bits per heavy atom. The van der Waals surface area contributed by atoms with Gasteiger partial charge in [-0.2, -0.15) is 0 Å². The van der Waals surface area contributed by atoms with Crippen molar-refractivity contribution >= 4 is 15.9 Å². The van der Waals surface area contributed by atoms with Crippen LogP contribution >= 0.6 is 15.9 Å². The van der Waals surface area contributed by atoms with Crippen LogP contribution in [0.1, 0.15) is 11.5 Å². The van der Waals surface area contributed by atoms with Gasteiger partial charge < -0.3 is 0 Å². The molecule has 0 aliphatic carbocycles. The van der Waals surface area contributed by atoms with Crippen molar-refractivity contribution in [2.45, 2.75) is 13.8 Å². The van der Waals surface area contributed by atoms with Crippen LogP contribution in [0.4, 0.5) is 0 Å². The zero-order valence-corrected chi connectivity index (χ0v) is 9.48. The normalized spacial score (nSPS) is 10.5. The van der Waals surface area contributed by atoms with Gasteiger partial charge in [-0.15, -0.1) is 0 Å². The van der Waals surface area contributed by atoms with Crippen LogP contribution in [0.25, 0.3) is 5.82 Å². The molecule has 0 aliphatic heterocycles. The lowest BCUT2D eigenvalue weighted by Crippen LogP contribution is -1.98. The quantitative estimate of drug-likeness (QED) is 0.730. The van der Waals surface area contributed by atoms with Gasteiger partial charge in [-0.05, 0) is 29.8 Å². The monoisotopic (exact) mass is 252 g/mol. The van der Waals surface area contributed by atoms with Crippen molar-refractivity contribution in [3.8, 4) is 5.82 Å². The van der Waals surface area contributed by atoms with Gasteiger partial charge in [0.15, 0.2) is 0 Å². The maximum atomic E-state index is 4.30. The lowest BCUT2D eigenvalue weighted by Gasteiger charge is -2.02. The minimum atomic E-state index is 0.737. The Kier molecular flexibility index (Phi) is 2.33. The summed E-state index contributed by atoms with van der Waals surface area (Å²) in [5.74, 6) is 1.56. The van der Waals surface area contributed by atoms with Crippen LogP contribution in [0.3, 0.4) is 0 Å². The van der Waals surface area contributed by atoms with E-state index in [9.17, 15) is 0 Å². The second-order valence-electron chi connectivity index (χ2n) is 3.02. The first kappa shape index (κ1) is 9.33. The molecule has 0 amide bonds. The van der Waals surface area contributed by atoms with Gasteiger partial charge in [0.2, 0.25) is 0 Å². The van der Waals surface area contributed by atoms with Gasteiger partial charge in [-0.3, -0.25) is 4.57 Å². The molecule has 0 aliphatic rings. The molecule has 5 heteroatoms. The van der Waals surface area contributed by atoms with E-state index < -0.39 is 0 Å². The van der Waals surface area contributed by atoms with Crippen LogP contribution in [0.15, 0.2) is 23.2 Å². The summed E-state index contributed by atoms with van der Waals surface area (Å²) in [7, 11) is 0. The molecule has 0 saturated heterocycles. The fraction of sp³-hybridized carbons (Fsp3) is 0.222. The van der Waals surface area contributed by atoms with Crippen molar-refractivity contribution in [3.05, 3.63) is 34.7 Å². The zero-order valence-electron chi connectivity index (χ0n) is 7.90. The van der Waals surface area contributed by atoms with Crippen LogP contribution in [0.2, 0.25) is 0 Å². The molecule has 14 heavy (non-hydrogen) atoms. The second-order valence-corrected chi connectivity index (χ2v) is 3.83. The zero-order chi connectivity index (χ0) is 10.1. The first-order valence-corrected chi connectivity index (χ1v) is 4.96. The van der Waals surface area contributed by atoms with Crippen LogP contribution < -0.4 is 0 Å². The third-order valence-electron chi connectivity index (χ3n) is 1.77. The van der Waals surface area contributed by atoms with Gasteiger partial charge in [0.1, 0.15) is 22.6 Å². The van der Waals surface area contributed by atoms with Crippen molar-refractivity contribution in [2.24, 2.45) is 0 Å². The molecule has 2 rings (SSSR count). The molecule has 0 N–H and O–H groups in total. The van der Waals surface area contributed by atoms with E-state index in [1.807, 2.05) is 30.7 Å². The molecule has 2 aromatic rings. The predicted octanol–water partition coefficient (Wildman–Crippen LogP) is 2.04. The molecule has 0 spiro atoms. The smallest absolute Gasteiger partial charge is 0.142 e. The number of nitrogens with zero attached hydrogens (tertiary/aromatic N) is 4. The summed E-state index contributed by atoms with van der Waals surface area (Å²) in [6.07, 6.45) is 3.66. The Morgan fingerprint density at radius 1 is 1.29 bits per heavy atom. The van der Waals surface area contributed by atoms with Gasteiger partial charge in [-0.25, -0.2) is 15.0 Å². The fourth-order valence-electron chi connectivity index (χ4n) is 1.20. The molecule has 0 atom stereocenters. The summed E-state index contributed by atoms with van der Waals surface area (Å²) in [4.78, 5) is 12.6. The van der Waals surface area contributed by atoms with Crippen LogP contribution in [0.5, 0.6) is 0 Å². The largest absolute Gasteiger partial charge is 0.290 e. The second kappa shape index (κ2) is 3.49. The fourth-order valence-corrected chi connectivity index (χ4v) is 1.66. The summed E-state index contributed by atoms with van der Waals surface area (Å²) in [6, 6.07) is 1.86. The number of halogens is 1. The summed E-state index contributed by atoms with van der Waals surface area (Å²) in [5.41, 5.74) is 0.970. The van der Waals surface area contributed by atoms with E-state index in [0.717, 1.165) is 21.9 Å². The Morgan fingerprint density at radius 3 is 2.64 bits per heavy atom. The Balaban J connectivity index is 2.51. The number of hydrogen-bond donors (Lipinski definition) is 0. The molecule has 4 nitrogen and oxygen atoms in total. The molecular formula is C9H9BrN4. The summed E-state index contributed by atoms with van der Waals surface area (Å²) in [6.45, 7) is 3.80. The van der Waals surface area contributed by atoms with Gasteiger partial charge in [0.05, 0.1) is 5.69 Å². The highest BCUT2D eigenvalue weighted by Crippen LogP contribution is 2.12. The number of imidazole rings is 1. The Labute approximate surface area is 90.2 Å². The van der Waals surface area contributed by atoms with Crippen molar-refractivity contribution in [1.29, 1.82) is 0 Å². The van der Waals surface area contributed by atoms with Crippen LogP contribution in [-0.2, 0) is 0 Å². The Bertz CT molecular complexity index is 443. The van der Waals surface area contributed by atoms with Crippen molar-refractivity contribution in [2.75, 3.05) is 0 Å². The highest BCUT2D eigenvalue weighted by molar-refractivity contribution is 9.10. The molecule has 2 aromatic heterocycles. The van der Waals surface area contributed by atoms with E-state index >= 15 is 0 Å². The third kappa shape index (κ3) is 1.82. The topological polar surface area (TPSA) is 43.6 Å². The minimum absolute atomic E-state index is 0.737. The van der Waals surface area contributed by atoms with E-state index in [1.54, 1.807) is 6.33 Å². The standard InChI is InChI=1S/C9H9BrN4/c1-6-4-14(5-11-6)9-3-8(10)12-7(2)13-9/h3-5H,1-2H3. The SMILES string of the molecule is Cc1cn(-c2cc(Br)nc(C)n2)cn1. The van der Waals surface area contributed by atoms with Crippen molar-refractivity contribution in [1.82, 2.24) is 19.5 Å². The van der Waals surface area contributed by atoms with Gasteiger partial charge in [-0.1, -0.05) is 0 Å². The molecule has 72 valence electrons. The molecule has 2 heterocycles. The molecule has 0 unspecified atom stereocenters. The molecule has 0 aromatic carbocycles. The van der Waals surface area contributed by atoms with Crippen molar-refractivity contribution < 1.29 is 0 Å². The van der Waals surface area contributed by atoms with E-state index in [-0.39, 0.29) is 0 Å². The molecule has 0 radical (unpaired) electrons. The predicted molar refractivity (Wildman–Crippen MR) is 56.3 cm³/mol. The van der Waals surface area contributed by atoms with E-state index in [1.165, 1.54) is 0 Å². The maximum absolute atomic E-state index is 4.30. The highest BCUT2D eigenvalue weighted by atomic mass is 79.9. The van der Waals surface area contributed by atoms with E-state index in [0.29, 0.717) is 0 Å². The molecular weight excluding hydrogens is 244 g/mol.